The number of carbonyl (C=O) groups is 2. The molecule has 0 spiro atoms. The molecule has 0 aliphatic carbocycles. The Morgan fingerprint density at radius 1 is 0.657 bits per heavy atom. The molecular weight excluding hydrogens is 684 g/mol. The molecule has 0 bridgehead atoms. The van der Waals surface area contributed by atoms with Gasteiger partial charge in [-0.3, -0.25) is 0 Å². The zero-order valence-electron chi connectivity index (χ0n) is 19.7. The maximum atomic E-state index is 10.4. The van der Waals surface area contributed by atoms with Gasteiger partial charge in [0.25, 0.3) is 0 Å². The molecule has 2 aromatic carbocycles. The third-order valence-electron chi connectivity index (χ3n) is 4.31. The fourth-order valence-corrected chi connectivity index (χ4v) is 8.67. The van der Waals surface area contributed by atoms with Crippen molar-refractivity contribution in [2.24, 2.45) is 11.8 Å². The third kappa shape index (κ3) is 13.9. The Morgan fingerprint density at radius 2 is 0.971 bits per heavy atom. The second kappa shape index (κ2) is 18.2. The predicted octanol–water partition coefficient (Wildman–Crippen LogP) is 7.64. The molecule has 11 heteroatoms. The minimum atomic E-state index is -1.38. The third-order valence-corrected chi connectivity index (χ3v) is 10.6. The van der Waals surface area contributed by atoms with E-state index >= 15 is 0 Å². The van der Waals surface area contributed by atoms with Crippen LogP contribution < -0.4 is 10.2 Å². The van der Waals surface area contributed by atoms with Crippen LogP contribution in [0.4, 0.5) is 0 Å². The molecule has 0 heterocycles. The first-order valence-electron chi connectivity index (χ1n) is 10.6. The van der Waals surface area contributed by atoms with Crippen molar-refractivity contribution >= 4 is 103 Å². The van der Waals surface area contributed by atoms with Crippen molar-refractivity contribution in [3.05, 3.63) is 65.5 Å². The van der Waals surface area contributed by atoms with Gasteiger partial charge in [-0.1, -0.05) is 81.7 Å². The molecule has 2 rings (SSSR count). The number of carboxylic acids is 2. The first-order valence-corrected chi connectivity index (χ1v) is 16.9. The fraction of sp³-hybridized carbons (Fsp3) is 0.417. The summed E-state index contributed by atoms with van der Waals surface area (Å²) >= 11 is 33.5. The van der Waals surface area contributed by atoms with E-state index < -0.39 is 11.9 Å². The van der Waals surface area contributed by atoms with E-state index in [1.165, 1.54) is 37.1 Å². The van der Waals surface area contributed by atoms with Crippen molar-refractivity contribution in [1.82, 2.24) is 0 Å². The monoisotopic (exact) mass is 708 g/mol. The largest absolute Gasteiger partial charge is 0.545 e. The van der Waals surface area contributed by atoms with E-state index in [2.05, 4.69) is 27.7 Å². The number of carboxylic acid groups (broad SMARTS) is 2. The Balaban J connectivity index is 0.000000496. The quantitative estimate of drug-likeness (QED) is 0.160. The standard InChI is InChI=1S/2C7H3Cl3O2.2C5H11.Sn/c2*8-4-2-1-3(7(11)12)5(9)6(4)10;2*1-4-5(2)3;/h2*1-2H,(H,11,12);2*5H,1,4H2,2-3H3;/q;;;;+2/p-2. The average Bonchev–Trinajstić information content (AvgIpc) is 2.75. The van der Waals surface area contributed by atoms with E-state index in [0.717, 1.165) is 11.8 Å². The summed E-state index contributed by atoms with van der Waals surface area (Å²) in [6.07, 6.45) is 2.98. The van der Waals surface area contributed by atoms with Crippen molar-refractivity contribution in [1.29, 1.82) is 0 Å². The van der Waals surface area contributed by atoms with Crippen LogP contribution in [0.3, 0.4) is 0 Å². The van der Waals surface area contributed by atoms with Crippen LogP contribution >= 0.6 is 69.6 Å². The van der Waals surface area contributed by atoms with Gasteiger partial charge in [0, 0.05) is 11.1 Å². The SMILES string of the molecule is CC(C)C[CH2][Sn+2][CH2]CC(C)C.O=C([O-])c1ccc(Cl)c(Cl)c1Cl.O=C([O-])c1ccc(Cl)c(Cl)c1Cl. The number of rotatable bonds is 8. The Kier molecular flexibility index (Phi) is 18.2. The minimum absolute atomic E-state index is 0.0278. The number of hydrogen-bond donors (Lipinski definition) is 0. The van der Waals surface area contributed by atoms with Crippen molar-refractivity contribution < 1.29 is 19.8 Å². The van der Waals surface area contributed by atoms with Gasteiger partial charge in [0.05, 0.1) is 42.1 Å². The molecule has 0 fully saturated rings. The van der Waals surface area contributed by atoms with E-state index in [1.54, 1.807) is 8.87 Å². The van der Waals surface area contributed by atoms with E-state index in [4.69, 9.17) is 69.6 Å². The Labute approximate surface area is 247 Å². The summed E-state index contributed by atoms with van der Waals surface area (Å²) in [5, 5.41) is 21.1. The molecule has 0 atom stereocenters. The van der Waals surface area contributed by atoms with Gasteiger partial charge in [-0.05, 0) is 12.1 Å². The van der Waals surface area contributed by atoms with Crippen molar-refractivity contribution in [3.8, 4) is 0 Å². The van der Waals surface area contributed by atoms with Crippen molar-refractivity contribution in [3.63, 3.8) is 0 Å². The normalized spacial score (nSPS) is 10.2. The number of halogens is 6. The second-order valence-electron chi connectivity index (χ2n) is 8.14. The van der Waals surface area contributed by atoms with Crippen LogP contribution in [0.15, 0.2) is 24.3 Å². The first kappa shape index (κ1) is 34.9. The molecule has 35 heavy (non-hydrogen) atoms. The average molecular weight is 710 g/mol. The number of carbonyl (C=O) groups excluding carboxylic acids is 2. The van der Waals surface area contributed by atoms with Gasteiger partial charge in [-0.25, -0.2) is 0 Å². The van der Waals surface area contributed by atoms with Gasteiger partial charge < -0.3 is 19.8 Å². The maximum absolute atomic E-state index is 10.4. The second-order valence-corrected chi connectivity index (χ2v) is 14.7. The van der Waals surface area contributed by atoms with Gasteiger partial charge in [0.2, 0.25) is 0 Å². The molecule has 192 valence electrons. The molecule has 0 aliphatic rings. The molecule has 0 aromatic heterocycles. The molecule has 0 aliphatic heterocycles. The molecule has 0 saturated carbocycles. The van der Waals surface area contributed by atoms with Crippen molar-refractivity contribution in [2.45, 2.75) is 49.4 Å². The summed E-state index contributed by atoms with van der Waals surface area (Å²) in [6, 6.07) is 5.18. The predicted molar refractivity (Wildman–Crippen MR) is 146 cm³/mol. The fourth-order valence-electron chi connectivity index (χ4n) is 2.27. The first-order chi connectivity index (χ1) is 16.2. The van der Waals surface area contributed by atoms with Crippen LogP contribution in [0.2, 0.25) is 39.0 Å². The van der Waals surface area contributed by atoms with Crippen LogP contribution in [-0.2, 0) is 0 Å². The van der Waals surface area contributed by atoms with Crippen LogP contribution in [0.25, 0.3) is 0 Å². The number of hydrogen-bond acceptors (Lipinski definition) is 4. The van der Waals surface area contributed by atoms with Gasteiger partial charge >= 0.3 is 82.4 Å². The van der Waals surface area contributed by atoms with Crippen LogP contribution in [0, 0.1) is 11.8 Å². The molecule has 4 nitrogen and oxygen atoms in total. The zero-order valence-corrected chi connectivity index (χ0v) is 27.1. The Bertz CT molecular complexity index is 905. The van der Waals surface area contributed by atoms with E-state index in [0.29, 0.717) is 0 Å². The van der Waals surface area contributed by atoms with Crippen LogP contribution in [0.1, 0.15) is 61.3 Å². The van der Waals surface area contributed by atoms with Gasteiger partial charge in [0.1, 0.15) is 0 Å². The van der Waals surface area contributed by atoms with E-state index in [9.17, 15) is 19.8 Å². The molecule has 0 saturated heterocycles. The van der Waals surface area contributed by atoms with E-state index in [1.807, 2.05) is 0 Å². The smallest absolute Gasteiger partial charge is 0.0785 e. The summed E-state index contributed by atoms with van der Waals surface area (Å²) in [4.78, 5) is 20.8. The molecule has 0 unspecified atom stereocenters. The maximum Gasteiger partial charge on any atom is 0.0785 e. The van der Waals surface area contributed by atoms with Gasteiger partial charge in [-0.2, -0.15) is 0 Å². The number of benzene rings is 2. The molecule has 0 radical (unpaired) electrons. The Morgan fingerprint density at radius 3 is 1.23 bits per heavy atom. The number of aromatic carboxylic acids is 2. The van der Waals surface area contributed by atoms with Gasteiger partial charge in [-0.15, -0.1) is 0 Å². The summed E-state index contributed by atoms with van der Waals surface area (Å²) < 4.78 is 3.21. The van der Waals surface area contributed by atoms with Crippen LogP contribution in [0.5, 0.6) is 0 Å². The van der Waals surface area contributed by atoms with Crippen molar-refractivity contribution in [2.75, 3.05) is 0 Å². The van der Waals surface area contributed by atoms with Crippen LogP contribution in [-0.4, -0.2) is 33.1 Å². The minimum Gasteiger partial charge on any atom is -0.545 e. The Hall–Kier alpha value is -0.0813. The van der Waals surface area contributed by atoms with E-state index in [-0.39, 0.29) is 62.4 Å². The zero-order chi connectivity index (χ0) is 27.3. The molecule has 0 amide bonds. The topological polar surface area (TPSA) is 80.3 Å². The summed E-state index contributed by atoms with van der Waals surface area (Å²) in [5.41, 5.74) is -0.322. The summed E-state index contributed by atoms with van der Waals surface area (Å²) in [6.45, 7) is 9.34. The summed E-state index contributed by atoms with van der Waals surface area (Å²) in [5.74, 6) is -0.873. The molecular formula is C24H26Cl6O4Sn. The summed E-state index contributed by atoms with van der Waals surface area (Å²) in [7, 11) is 0. The molecule has 0 N–H and O–H groups in total. The molecule has 2 aromatic rings. The van der Waals surface area contributed by atoms with Gasteiger partial charge in [0.15, 0.2) is 0 Å².